The van der Waals surface area contributed by atoms with E-state index in [9.17, 15) is 14.9 Å². The molecule has 1 aromatic heterocycles. The first-order chi connectivity index (χ1) is 10.0. The predicted molar refractivity (Wildman–Crippen MR) is 86.0 cm³/mol. The minimum absolute atomic E-state index is 0.000920. The molecule has 1 N–H and O–H groups in total. The zero-order chi connectivity index (χ0) is 15.2. The molecule has 0 aliphatic heterocycles. The molecule has 0 aliphatic carbocycles. The predicted octanol–water partition coefficient (Wildman–Crippen LogP) is 3.75. The zero-order valence-corrected chi connectivity index (χ0v) is 13.2. The third kappa shape index (κ3) is 4.80. The molecular weight excluding hydrogens is 356 g/mol. The highest BCUT2D eigenvalue weighted by molar-refractivity contribution is 9.10. The second kappa shape index (κ2) is 7.14. The van der Waals surface area contributed by atoms with E-state index in [0.717, 1.165) is 9.35 Å². The van der Waals surface area contributed by atoms with Gasteiger partial charge in [-0.2, -0.15) is 0 Å². The number of nitrogens with zero attached hydrogens (tertiary/aromatic N) is 1. The van der Waals surface area contributed by atoms with Crippen molar-refractivity contribution in [3.05, 3.63) is 66.8 Å². The number of amides is 1. The number of thiophene rings is 1. The summed E-state index contributed by atoms with van der Waals surface area (Å²) in [5, 5.41) is 15.3. The van der Waals surface area contributed by atoms with Gasteiger partial charge in [-0.05, 0) is 33.6 Å². The van der Waals surface area contributed by atoms with Crippen molar-refractivity contribution in [2.24, 2.45) is 0 Å². The lowest BCUT2D eigenvalue weighted by atomic mass is 10.2. The molecule has 0 radical (unpaired) electrons. The summed E-state index contributed by atoms with van der Waals surface area (Å²) in [7, 11) is 0. The van der Waals surface area contributed by atoms with Gasteiger partial charge in [0.05, 0.1) is 11.5 Å². The lowest BCUT2D eigenvalue weighted by Gasteiger charge is -1.99. The van der Waals surface area contributed by atoms with E-state index >= 15 is 0 Å². The van der Waals surface area contributed by atoms with E-state index in [-0.39, 0.29) is 11.6 Å². The average molecular weight is 367 g/mol. The Morgan fingerprint density at radius 1 is 1.43 bits per heavy atom. The summed E-state index contributed by atoms with van der Waals surface area (Å²) in [5.74, 6) is -0.244. The molecule has 7 heteroatoms. The standard InChI is InChI=1S/C14H11BrN2O3S/c15-11-7-13(21-9-11)8-16-14(18)5-4-10-2-1-3-12(6-10)17(19)20/h1-7,9H,8H2,(H,16,18)/b5-4+. The fourth-order valence-corrected chi connectivity index (χ4v) is 2.98. The molecule has 0 unspecified atom stereocenters. The highest BCUT2D eigenvalue weighted by Gasteiger charge is 2.04. The number of carbonyl (C=O) groups is 1. The first-order valence-electron chi connectivity index (χ1n) is 5.98. The van der Waals surface area contributed by atoms with Gasteiger partial charge in [0.25, 0.3) is 5.69 Å². The molecule has 5 nitrogen and oxygen atoms in total. The second-order valence-corrected chi connectivity index (χ2v) is 6.05. The molecule has 0 aliphatic rings. The quantitative estimate of drug-likeness (QED) is 0.497. The topological polar surface area (TPSA) is 72.2 Å². The summed E-state index contributed by atoms with van der Waals surface area (Å²) >= 11 is 4.90. The fraction of sp³-hybridized carbons (Fsp3) is 0.0714. The van der Waals surface area contributed by atoms with Crippen LogP contribution < -0.4 is 5.32 Å². The zero-order valence-electron chi connectivity index (χ0n) is 10.8. The Bertz CT molecular complexity index is 697. The number of hydrogen-bond acceptors (Lipinski definition) is 4. The van der Waals surface area contributed by atoms with Crippen LogP contribution in [0.3, 0.4) is 0 Å². The van der Waals surface area contributed by atoms with Crippen LogP contribution in [-0.4, -0.2) is 10.8 Å². The van der Waals surface area contributed by atoms with Crippen LogP contribution in [0.25, 0.3) is 6.08 Å². The van der Waals surface area contributed by atoms with Gasteiger partial charge in [-0.25, -0.2) is 0 Å². The van der Waals surface area contributed by atoms with Crippen molar-refractivity contribution in [3.8, 4) is 0 Å². The summed E-state index contributed by atoms with van der Waals surface area (Å²) in [4.78, 5) is 22.9. The smallest absolute Gasteiger partial charge is 0.270 e. The van der Waals surface area contributed by atoms with E-state index in [2.05, 4.69) is 21.2 Å². The second-order valence-electron chi connectivity index (χ2n) is 4.13. The summed E-state index contributed by atoms with van der Waals surface area (Å²) in [5.41, 5.74) is 0.610. The number of nitro groups is 1. The third-order valence-corrected chi connectivity index (χ3v) is 4.26. The first-order valence-corrected chi connectivity index (χ1v) is 7.65. The number of halogens is 1. The number of carbonyl (C=O) groups excluding carboxylic acids is 1. The molecule has 21 heavy (non-hydrogen) atoms. The number of hydrogen-bond donors (Lipinski definition) is 1. The van der Waals surface area contributed by atoms with Crippen molar-refractivity contribution in [1.82, 2.24) is 5.32 Å². The van der Waals surface area contributed by atoms with Gasteiger partial charge in [-0.3, -0.25) is 14.9 Å². The summed E-state index contributed by atoms with van der Waals surface area (Å²) in [6.07, 6.45) is 2.91. The van der Waals surface area contributed by atoms with Gasteiger partial charge in [-0.1, -0.05) is 12.1 Å². The van der Waals surface area contributed by atoms with Crippen LogP contribution in [0.4, 0.5) is 5.69 Å². The maximum Gasteiger partial charge on any atom is 0.270 e. The summed E-state index contributed by atoms with van der Waals surface area (Å²) in [6.45, 7) is 0.453. The third-order valence-electron chi connectivity index (χ3n) is 2.57. The van der Waals surface area contributed by atoms with Gasteiger partial charge in [0.1, 0.15) is 0 Å². The van der Waals surface area contributed by atoms with E-state index in [1.807, 2.05) is 11.4 Å². The number of rotatable bonds is 5. The van der Waals surface area contributed by atoms with Crippen molar-refractivity contribution in [2.75, 3.05) is 0 Å². The van der Waals surface area contributed by atoms with Gasteiger partial charge in [0.2, 0.25) is 5.91 Å². The van der Waals surface area contributed by atoms with Crippen molar-refractivity contribution in [2.45, 2.75) is 6.54 Å². The van der Waals surface area contributed by atoms with Crippen LogP contribution >= 0.6 is 27.3 Å². The molecule has 2 aromatic rings. The van der Waals surface area contributed by atoms with Gasteiger partial charge in [-0.15, -0.1) is 11.3 Å². The maximum absolute atomic E-state index is 11.7. The van der Waals surface area contributed by atoms with E-state index in [4.69, 9.17) is 0 Å². The van der Waals surface area contributed by atoms with Crippen molar-refractivity contribution >= 4 is 44.9 Å². The number of nitro benzene ring substituents is 1. The average Bonchev–Trinajstić information content (AvgIpc) is 2.89. The highest BCUT2D eigenvalue weighted by Crippen LogP contribution is 2.19. The van der Waals surface area contributed by atoms with E-state index in [1.54, 1.807) is 29.5 Å². The SMILES string of the molecule is O=C(/C=C/c1cccc([N+](=O)[O-])c1)NCc1cc(Br)cs1. The Kier molecular flexibility index (Phi) is 5.24. The Labute approximate surface area is 133 Å². The van der Waals surface area contributed by atoms with Gasteiger partial charge < -0.3 is 5.32 Å². The Hall–Kier alpha value is -1.99. The molecule has 0 saturated carbocycles. The molecular formula is C14H11BrN2O3S. The molecule has 0 saturated heterocycles. The monoisotopic (exact) mass is 366 g/mol. The Balaban J connectivity index is 1.92. The van der Waals surface area contributed by atoms with Crippen LogP contribution in [0.1, 0.15) is 10.4 Å². The molecule has 108 valence electrons. The largest absolute Gasteiger partial charge is 0.348 e. The van der Waals surface area contributed by atoms with Gasteiger partial charge in [0, 0.05) is 32.9 Å². The van der Waals surface area contributed by atoms with Crippen LogP contribution in [0, 0.1) is 10.1 Å². The minimum atomic E-state index is -0.466. The van der Waals surface area contributed by atoms with Crippen LogP contribution in [-0.2, 0) is 11.3 Å². The highest BCUT2D eigenvalue weighted by atomic mass is 79.9. The van der Waals surface area contributed by atoms with Gasteiger partial charge >= 0.3 is 0 Å². The molecule has 0 spiro atoms. The number of non-ortho nitro benzene ring substituents is 1. The molecule has 0 bridgehead atoms. The number of nitrogens with one attached hydrogen (secondary N) is 1. The lowest BCUT2D eigenvalue weighted by molar-refractivity contribution is -0.384. The Morgan fingerprint density at radius 2 is 2.24 bits per heavy atom. The van der Waals surface area contributed by atoms with Gasteiger partial charge in [0.15, 0.2) is 0 Å². The van der Waals surface area contributed by atoms with Crippen molar-refractivity contribution in [1.29, 1.82) is 0 Å². The molecule has 1 heterocycles. The molecule has 2 rings (SSSR count). The van der Waals surface area contributed by atoms with E-state index < -0.39 is 4.92 Å². The minimum Gasteiger partial charge on any atom is -0.348 e. The van der Waals surface area contributed by atoms with E-state index in [1.165, 1.54) is 18.2 Å². The maximum atomic E-state index is 11.7. The molecule has 1 aromatic carbocycles. The fourth-order valence-electron chi connectivity index (χ4n) is 1.59. The summed E-state index contributed by atoms with van der Waals surface area (Å²) in [6, 6.07) is 8.05. The Morgan fingerprint density at radius 3 is 2.90 bits per heavy atom. The van der Waals surface area contributed by atoms with Crippen molar-refractivity contribution < 1.29 is 9.72 Å². The molecule has 1 amide bonds. The first kappa shape index (κ1) is 15.4. The van der Waals surface area contributed by atoms with Crippen LogP contribution in [0.5, 0.6) is 0 Å². The van der Waals surface area contributed by atoms with Crippen LogP contribution in [0.15, 0.2) is 46.3 Å². The van der Waals surface area contributed by atoms with E-state index in [0.29, 0.717) is 12.1 Å². The van der Waals surface area contributed by atoms with Crippen molar-refractivity contribution in [3.63, 3.8) is 0 Å². The number of benzene rings is 1. The lowest BCUT2D eigenvalue weighted by Crippen LogP contribution is -2.19. The van der Waals surface area contributed by atoms with Crippen LogP contribution in [0.2, 0.25) is 0 Å². The molecule has 0 atom stereocenters. The molecule has 0 fully saturated rings. The normalized spacial score (nSPS) is 10.7. The summed E-state index contributed by atoms with van der Waals surface area (Å²) < 4.78 is 0.990.